The Labute approximate surface area is 126 Å². The van der Waals surface area contributed by atoms with E-state index in [1.54, 1.807) is 6.20 Å². The van der Waals surface area contributed by atoms with Crippen molar-refractivity contribution in [2.45, 2.75) is 38.8 Å². The summed E-state index contributed by atoms with van der Waals surface area (Å²) in [6.07, 6.45) is 9.04. The van der Waals surface area contributed by atoms with Gasteiger partial charge < -0.3 is 14.6 Å². The van der Waals surface area contributed by atoms with Crippen molar-refractivity contribution in [3.05, 3.63) is 48.0 Å². The zero-order valence-electron chi connectivity index (χ0n) is 12.6. The predicted octanol–water partition coefficient (Wildman–Crippen LogP) is 2.95. The van der Waals surface area contributed by atoms with E-state index in [2.05, 4.69) is 35.4 Å². The number of ether oxygens (including phenoxy) is 1. The zero-order chi connectivity index (χ0) is 14.5. The van der Waals surface area contributed by atoms with E-state index in [9.17, 15) is 0 Å². The topological polar surface area (TPSA) is 39.1 Å². The van der Waals surface area contributed by atoms with Crippen molar-refractivity contribution in [2.24, 2.45) is 0 Å². The number of nitrogens with one attached hydrogen (secondary N) is 1. The molecule has 0 bridgehead atoms. The number of rotatable bonds is 7. The van der Waals surface area contributed by atoms with Gasteiger partial charge in [-0.25, -0.2) is 4.98 Å². The molecule has 3 rings (SSSR count). The van der Waals surface area contributed by atoms with Gasteiger partial charge in [0.05, 0.1) is 12.9 Å². The first-order valence-electron chi connectivity index (χ1n) is 7.82. The van der Waals surface area contributed by atoms with Gasteiger partial charge in [-0.15, -0.1) is 0 Å². The monoisotopic (exact) mass is 285 g/mol. The van der Waals surface area contributed by atoms with Crippen molar-refractivity contribution in [1.82, 2.24) is 14.9 Å². The summed E-state index contributed by atoms with van der Waals surface area (Å²) in [7, 11) is 0. The van der Waals surface area contributed by atoms with Gasteiger partial charge in [-0.1, -0.05) is 19.1 Å². The lowest BCUT2D eigenvalue weighted by molar-refractivity contribution is 0.295. The summed E-state index contributed by atoms with van der Waals surface area (Å²) >= 11 is 0. The predicted molar refractivity (Wildman–Crippen MR) is 83.5 cm³/mol. The lowest BCUT2D eigenvalue weighted by Gasteiger charge is -2.15. The first kappa shape index (κ1) is 14.1. The van der Waals surface area contributed by atoms with E-state index in [0.29, 0.717) is 12.6 Å². The van der Waals surface area contributed by atoms with E-state index < -0.39 is 0 Å². The van der Waals surface area contributed by atoms with Crippen LogP contribution >= 0.6 is 0 Å². The quantitative estimate of drug-likeness (QED) is 0.850. The Balaban J connectivity index is 1.63. The summed E-state index contributed by atoms with van der Waals surface area (Å²) in [6.45, 7) is 4.80. The highest BCUT2D eigenvalue weighted by molar-refractivity contribution is 5.45. The van der Waals surface area contributed by atoms with Crippen LogP contribution in [0.4, 0.5) is 0 Å². The van der Waals surface area contributed by atoms with Gasteiger partial charge in [0.1, 0.15) is 12.4 Å². The number of imidazole rings is 1. The summed E-state index contributed by atoms with van der Waals surface area (Å²) in [6, 6.07) is 6.93. The maximum absolute atomic E-state index is 6.00. The Kier molecular flexibility index (Phi) is 4.55. The SMILES string of the molecule is CCCNC1CCc2c(OCCn3ccnc3)cccc21. The van der Waals surface area contributed by atoms with Gasteiger partial charge in [-0.3, -0.25) is 0 Å². The van der Waals surface area contributed by atoms with E-state index in [0.717, 1.165) is 25.3 Å². The molecule has 1 aromatic carbocycles. The number of benzene rings is 1. The number of aromatic nitrogens is 2. The fourth-order valence-electron chi connectivity index (χ4n) is 2.97. The van der Waals surface area contributed by atoms with Crippen molar-refractivity contribution >= 4 is 0 Å². The van der Waals surface area contributed by atoms with E-state index in [-0.39, 0.29) is 0 Å². The van der Waals surface area contributed by atoms with Gasteiger partial charge in [0.15, 0.2) is 0 Å². The molecule has 4 heteroatoms. The fourth-order valence-corrected chi connectivity index (χ4v) is 2.97. The van der Waals surface area contributed by atoms with Crippen LogP contribution < -0.4 is 10.1 Å². The Morgan fingerprint density at radius 1 is 1.43 bits per heavy atom. The largest absolute Gasteiger partial charge is 0.491 e. The molecule has 1 N–H and O–H groups in total. The van der Waals surface area contributed by atoms with E-state index in [1.807, 2.05) is 17.1 Å². The van der Waals surface area contributed by atoms with E-state index >= 15 is 0 Å². The molecule has 1 aromatic heterocycles. The minimum absolute atomic E-state index is 0.497. The van der Waals surface area contributed by atoms with Gasteiger partial charge in [0, 0.05) is 18.4 Å². The third-order valence-electron chi connectivity index (χ3n) is 4.03. The number of fused-ring (bicyclic) bond motifs is 1. The molecule has 1 aliphatic carbocycles. The highest BCUT2D eigenvalue weighted by atomic mass is 16.5. The third-order valence-corrected chi connectivity index (χ3v) is 4.03. The van der Waals surface area contributed by atoms with Crippen LogP contribution in [0.3, 0.4) is 0 Å². The van der Waals surface area contributed by atoms with Gasteiger partial charge in [-0.05, 0) is 43.0 Å². The molecular formula is C17H23N3O. The summed E-state index contributed by atoms with van der Waals surface area (Å²) < 4.78 is 8.04. The smallest absolute Gasteiger partial charge is 0.122 e. The highest BCUT2D eigenvalue weighted by Gasteiger charge is 2.24. The van der Waals surface area contributed by atoms with E-state index in [4.69, 9.17) is 4.74 Å². The molecule has 1 aliphatic rings. The first-order chi connectivity index (χ1) is 10.4. The average molecular weight is 285 g/mol. The van der Waals surface area contributed by atoms with Crippen molar-refractivity contribution < 1.29 is 4.74 Å². The van der Waals surface area contributed by atoms with Crippen LogP contribution in [-0.2, 0) is 13.0 Å². The minimum atomic E-state index is 0.497. The molecule has 0 saturated carbocycles. The van der Waals surface area contributed by atoms with Crippen LogP contribution in [0, 0.1) is 0 Å². The van der Waals surface area contributed by atoms with Gasteiger partial charge in [0.25, 0.3) is 0 Å². The Bertz CT molecular complexity index is 565. The van der Waals surface area contributed by atoms with Gasteiger partial charge >= 0.3 is 0 Å². The molecule has 21 heavy (non-hydrogen) atoms. The van der Waals surface area contributed by atoms with Crippen molar-refractivity contribution in [3.63, 3.8) is 0 Å². The molecular weight excluding hydrogens is 262 g/mol. The zero-order valence-corrected chi connectivity index (χ0v) is 12.6. The van der Waals surface area contributed by atoms with Crippen molar-refractivity contribution in [2.75, 3.05) is 13.2 Å². The standard InChI is InChI=1S/C17H23N3O/c1-2-8-19-16-7-6-15-14(16)4-3-5-17(15)21-12-11-20-10-9-18-13-20/h3-5,9-10,13,16,19H,2,6-8,11-12H2,1H3. The summed E-state index contributed by atoms with van der Waals surface area (Å²) in [5.74, 6) is 1.05. The van der Waals surface area contributed by atoms with Crippen LogP contribution in [0.2, 0.25) is 0 Å². The second-order valence-electron chi connectivity index (χ2n) is 5.52. The second kappa shape index (κ2) is 6.76. The van der Waals surface area contributed by atoms with Gasteiger partial charge in [0.2, 0.25) is 0 Å². The molecule has 112 valence electrons. The molecule has 0 radical (unpaired) electrons. The summed E-state index contributed by atoms with van der Waals surface area (Å²) in [5, 5.41) is 3.63. The number of hydrogen-bond acceptors (Lipinski definition) is 3. The summed E-state index contributed by atoms with van der Waals surface area (Å²) in [4.78, 5) is 4.04. The molecule has 1 heterocycles. The molecule has 0 amide bonds. The van der Waals surface area contributed by atoms with Gasteiger partial charge in [-0.2, -0.15) is 0 Å². The lowest BCUT2D eigenvalue weighted by atomic mass is 10.1. The van der Waals surface area contributed by atoms with Crippen LogP contribution in [0.1, 0.15) is 36.9 Å². The van der Waals surface area contributed by atoms with Crippen molar-refractivity contribution in [1.29, 1.82) is 0 Å². The Hall–Kier alpha value is -1.81. The fraction of sp³-hybridized carbons (Fsp3) is 0.471. The number of nitrogens with zero attached hydrogens (tertiary/aromatic N) is 2. The van der Waals surface area contributed by atoms with Crippen LogP contribution in [0.5, 0.6) is 5.75 Å². The summed E-state index contributed by atoms with van der Waals surface area (Å²) in [5.41, 5.74) is 2.81. The average Bonchev–Trinajstić information content (AvgIpc) is 3.15. The van der Waals surface area contributed by atoms with E-state index in [1.165, 1.54) is 24.0 Å². The molecule has 4 nitrogen and oxygen atoms in total. The maximum atomic E-state index is 6.00. The normalized spacial score (nSPS) is 16.9. The molecule has 1 unspecified atom stereocenters. The molecule has 1 atom stereocenters. The molecule has 0 fully saturated rings. The third kappa shape index (κ3) is 3.27. The lowest BCUT2D eigenvalue weighted by Crippen LogP contribution is -2.19. The molecule has 2 aromatic rings. The highest BCUT2D eigenvalue weighted by Crippen LogP contribution is 2.36. The number of hydrogen-bond donors (Lipinski definition) is 1. The molecule has 0 saturated heterocycles. The Morgan fingerprint density at radius 3 is 3.19 bits per heavy atom. The molecule has 0 spiro atoms. The Morgan fingerprint density at radius 2 is 2.38 bits per heavy atom. The minimum Gasteiger partial charge on any atom is -0.491 e. The van der Waals surface area contributed by atoms with Crippen LogP contribution in [0.25, 0.3) is 0 Å². The first-order valence-corrected chi connectivity index (χ1v) is 7.82. The second-order valence-corrected chi connectivity index (χ2v) is 5.52. The van der Waals surface area contributed by atoms with Crippen LogP contribution in [-0.4, -0.2) is 22.7 Å². The molecule has 0 aliphatic heterocycles. The maximum Gasteiger partial charge on any atom is 0.122 e. The van der Waals surface area contributed by atoms with Crippen molar-refractivity contribution in [3.8, 4) is 5.75 Å². The van der Waals surface area contributed by atoms with Crippen LogP contribution in [0.15, 0.2) is 36.9 Å².